The van der Waals surface area contributed by atoms with Crippen LogP contribution in [0.1, 0.15) is 0 Å². The Labute approximate surface area is 106 Å². The zero-order chi connectivity index (χ0) is 11.5. The van der Waals surface area contributed by atoms with E-state index in [-0.39, 0.29) is 0 Å². The number of hydrogen-bond donors (Lipinski definition) is 2. The average Bonchev–Trinajstić information content (AvgIpc) is 2.24. The van der Waals surface area contributed by atoms with Crippen molar-refractivity contribution in [3.05, 3.63) is 40.1 Å². The van der Waals surface area contributed by atoms with Crippen LogP contribution < -0.4 is 11.1 Å². The van der Waals surface area contributed by atoms with Gasteiger partial charge in [0, 0.05) is 9.50 Å². The van der Waals surface area contributed by atoms with Crippen molar-refractivity contribution in [2.24, 2.45) is 0 Å². The summed E-state index contributed by atoms with van der Waals surface area (Å²) in [6.45, 7) is 0. The van der Waals surface area contributed by atoms with Crippen molar-refractivity contribution in [3.8, 4) is 0 Å². The first-order chi connectivity index (χ1) is 7.65. The standard InChI is InChI=1S/C10H8BrClN4/c11-7-2-1-6(12)3-8(7)15-10-5-14-4-9(13)16-10/h1-5H,(H3,13,15,16). The first-order valence-corrected chi connectivity index (χ1v) is 5.62. The quantitative estimate of drug-likeness (QED) is 0.893. The maximum atomic E-state index is 5.89. The summed E-state index contributed by atoms with van der Waals surface area (Å²) in [6, 6.07) is 5.43. The van der Waals surface area contributed by atoms with Crippen LogP contribution in [0.25, 0.3) is 0 Å². The molecule has 0 spiro atoms. The second-order valence-corrected chi connectivity index (χ2v) is 4.37. The lowest BCUT2D eigenvalue weighted by atomic mass is 10.3. The van der Waals surface area contributed by atoms with Gasteiger partial charge in [-0.2, -0.15) is 0 Å². The van der Waals surface area contributed by atoms with Gasteiger partial charge in [-0.25, -0.2) is 4.98 Å². The minimum absolute atomic E-state index is 0.364. The second-order valence-electron chi connectivity index (χ2n) is 3.08. The predicted molar refractivity (Wildman–Crippen MR) is 68.9 cm³/mol. The molecule has 4 nitrogen and oxygen atoms in total. The van der Waals surface area contributed by atoms with E-state index >= 15 is 0 Å². The minimum Gasteiger partial charge on any atom is -0.382 e. The van der Waals surface area contributed by atoms with Gasteiger partial charge in [-0.05, 0) is 34.1 Å². The molecule has 0 saturated heterocycles. The first-order valence-electron chi connectivity index (χ1n) is 4.45. The highest BCUT2D eigenvalue weighted by Gasteiger charge is 2.02. The number of rotatable bonds is 2. The van der Waals surface area contributed by atoms with Gasteiger partial charge >= 0.3 is 0 Å². The van der Waals surface area contributed by atoms with Gasteiger partial charge in [-0.3, -0.25) is 4.98 Å². The van der Waals surface area contributed by atoms with Crippen LogP contribution in [0, 0.1) is 0 Å². The fourth-order valence-corrected chi connectivity index (χ4v) is 1.69. The Hall–Kier alpha value is -1.33. The van der Waals surface area contributed by atoms with E-state index in [0.29, 0.717) is 16.7 Å². The SMILES string of the molecule is Nc1cncc(Nc2cc(Cl)ccc2Br)n1. The molecule has 0 amide bonds. The molecule has 3 N–H and O–H groups in total. The van der Waals surface area contributed by atoms with E-state index in [9.17, 15) is 0 Å². The number of nitrogens with zero attached hydrogens (tertiary/aromatic N) is 2. The Morgan fingerprint density at radius 2 is 2.12 bits per heavy atom. The van der Waals surface area contributed by atoms with Crippen molar-refractivity contribution in [1.29, 1.82) is 0 Å². The normalized spacial score (nSPS) is 10.1. The molecule has 0 bridgehead atoms. The molecule has 6 heteroatoms. The highest BCUT2D eigenvalue weighted by molar-refractivity contribution is 9.10. The molecule has 0 unspecified atom stereocenters. The molecule has 0 aliphatic rings. The number of hydrogen-bond acceptors (Lipinski definition) is 4. The molecule has 0 aliphatic carbocycles. The third kappa shape index (κ3) is 2.62. The number of aromatic nitrogens is 2. The largest absolute Gasteiger partial charge is 0.382 e. The molecule has 0 saturated carbocycles. The van der Waals surface area contributed by atoms with Crippen molar-refractivity contribution in [3.63, 3.8) is 0 Å². The molecule has 0 aliphatic heterocycles. The average molecular weight is 300 g/mol. The Bertz CT molecular complexity index is 518. The van der Waals surface area contributed by atoms with Gasteiger partial charge < -0.3 is 11.1 Å². The Morgan fingerprint density at radius 1 is 1.31 bits per heavy atom. The van der Waals surface area contributed by atoms with E-state index in [1.54, 1.807) is 18.3 Å². The third-order valence-corrected chi connectivity index (χ3v) is 2.77. The molecule has 1 aromatic carbocycles. The van der Waals surface area contributed by atoms with E-state index in [1.807, 2.05) is 6.07 Å². The summed E-state index contributed by atoms with van der Waals surface area (Å²) in [6.07, 6.45) is 3.07. The molecule has 2 aromatic rings. The summed E-state index contributed by atoms with van der Waals surface area (Å²) >= 11 is 9.30. The molecular formula is C10H8BrClN4. The Kier molecular flexibility index (Phi) is 3.26. The van der Waals surface area contributed by atoms with Crippen LogP contribution in [-0.2, 0) is 0 Å². The lowest BCUT2D eigenvalue weighted by Crippen LogP contribution is -1.98. The smallest absolute Gasteiger partial charge is 0.151 e. The number of halogens is 2. The monoisotopic (exact) mass is 298 g/mol. The van der Waals surface area contributed by atoms with Gasteiger partial charge in [0.05, 0.1) is 18.1 Å². The highest BCUT2D eigenvalue weighted by Crippen LogP contribution is 2.28. The highest BCUT2D eigenvalue weighted by atomic mass is 79.9. The molecule has 0 radical (unpaired) electrons. The number of anilines is 3. The van der Waals surface area contributed by atoms with Gasteiger partial charge in [0.15, 0.2) is 5.82 Å². The fourth-order valence-electron chi connectivity index (χ4n) is 1.17. The Balaban J connectivity index is 2.30. The maximum absolute atomic E-state index is 5.89. The summed E-state index contributed by atoms with van der Waals surface area (Å²) in [4.78, 5) is 8.01. The maximum Gasteiger partial charge on any atom is 0.151 e. The molecule has 0 fully saturated rings. The summed E-state index contributed by atoms with van der Waals surface area (Å²) < 4.78 is 0.890. The number of benzene rings is 1. The molecule has 0 atom stereocenters. The molecule has 1 heterocycles. The van der Waals surface area contributed by atoms with Crippen LogP contribution in [0.2, 0.25) is 5.02 Å². The van der Waals surface area contributed by atoms with Gasteiger partial charge in [0.25, 0.3) is 0 Å². The summed E-state index contributed by atoms with van der Waals surface area (Å²) in [5.41, 5.74) is 6.34. The zero-order valence-electron chi connectivity index (χ0n) is 8.11. The first kappa shape index (κ1) is 11.2. The van der Waals surface area contributed by atoms with Crippen LogP contribution >= 0.6 is 27.5 Å². The van der Waals surface area contributed by atoms with Gasteiger partial charge in [0.2, 0.25) is 0 Å². The second kappa shape index (κ2) is 4.67. The fraction of sp³-hybridized carbons (Fsp3) is 0. The van der Waals surface area contributed by atoms with E-state index in [2.05, 4.69) is 31.2 Å². The zero-order valence-corrected chi connectivity index (χ0v) is 10.5. The predicted octanol–water partition coefficient (Wildman–Crippen LogP) is 3.22. The van der Waals surface area contributed by atoms with E-state index < -0.39 is 0 Å². The van der Waals surface area contributed by atoms with Crippen molar-refractivity contribution < 1.29 is 0 Å². The Morgan fingerprint density at radius 3 is 2.88 bits per heavy atom. The molecule has 1 aromatic heterocycles. The van der Waals surface area contributed by atoms with Gasteiger partial charge in [0.1, 0.15) is 5.82 Å². The summed E-state index contributed by atoms with van der Waals surface area (Å²) in [5.74, 6) is 0.936. The van der Waals surface area contributed by atoms with E-state index in [0.717, 1.165) is 10.2 Å². The summed E-state index contributed by atoms with van der Waals surface area (Å²) in [7, 11) is 0. The minimum atomic E-state index is 0.364. The van der Waals surface area contributed by atoms with Gasteiger partial charge in [-0.1, -0.05) is 11.6 Å². The van der Waals surface area contributed by atoms with Gasteiger partial charge in [-0.15, -0.1) is 0 Å². The van der Waals surface area contributed by atoms with Crippen LogP contribution in [0.5, 0.6) is 0 Å². The summed E-state index contributed by atoms with van der Waals surface area (Å²) in [5, 5.41) is 3.71. The van der Waals surface area contributed by atoms with Crippen LogP contribution in [0.3, 0.4) is 0 Å². The van der Waals surface area contributed by atoms with Crippen LogP contribution in [-0.4, -0.2) is 9.97 Å². The molecule has 16 heavy (non-hydrogen) atoms. The van der Waals surface area contributed by atoms with Crippen molar-refractivity contribution in [1.82, 2.24) is 9.97 Å². The lowest BCUT2D eigenvalue weighted by molar-refractivity contribution is 1.21. The van der Waals surface area contributed by atoms with Crippen molar-refractivity contribution in [2.45, 2.75) is 0 Å². The molecular weight excluding hydrogens is 291 g/mol. The van der Waals surface area contributed by atoms with E-state index in [4.69, 9.17) is 17.3 Å². The van der Waals surface area contributed by atoms with E-state index in [1.165, 1.54) is 6.20 Å². The number of nitrogens with one attached hydrogen (secondary N) is 1. The molecule has 2 rings (SSSR count). The number of nitrogen functional groups attached to an aromatic ring is 1. The van der Waals surface area contributed by atoms with Crippen LogP contribution in [0.4, 0.5) is 17.3 Å². The van der Waals surface area contributed by atoms with Crippen molar-refractivity contribution in [2.75, 3.05) is 11.1 Å². The third-order valence-electron chi connectivity index (χ3n) is 1.84. The molecule has 82 valence electrons. The number of nitrogens with two attached hydrogens (primary N) is 1. The topological polar surface area (TPSA) is 63.8 Å². The van der Waals surface area contributed by atoms with Crippen molar-refractivity contribution >= 4 is 44.9 Å². The lowest BCUT2D eigenvalue weighted by Gasteiger charge is -2.07. The van der Waals surface area contributed by atoms with Crippen LogP contribution in [0.15, 0.2) is 35.1 Å².